The standard InChI is InChI=1S/C17H15N3O5S/c1-10-11(7-8-24-10)16-19-20-17(25-16)26-9-14(21)18-15(22)12-5-3-4-6-13(12)23-2/h3-8H,9H2,1-2H3,(H,18,21,22). The van der Waals surface area contributed by atoms with E-state index in [0.29, 0.717) is 23.0 Å². The second-order valence-electron chi connectivity index (χ2n) is 5.13. The first kappa shape index (κ1) is 17.7. The van der Waals surface area contributed by atoms with Crippen molar-refractivity contribution < 1.29 is 23.2 Å². The third-order valence-corrected chi connectivity index (χ3v) is 4.25. The molecule has 0 aliphatic heterocycles. The van der Waals surface area contributed by atoms with E-state index in [9.17, 15) is 9.59 Å². The first-order valence-electron chi connectivity index (χ1n) is 7.56. The van der Waals surface area contributed by atoms with Crippen molar-refractivity contribution in [3.8, 4) is 17.2 Å². The minimum atomic E-state index is -0.534. The molecule has 0 bridgehead atoms. The second kappa shape index (κ2) is 7.87. The molecule has 0 radical (unpaired) electrons. The molecule has 2 amide bonds. The third kappa shape index (κ3) is 3.94. The van der Waals surface area contributed by atoms with Crippen LogP contribution in [-0.2, 0) is 4.79 Å². The molecular weight excluding hydrogens is 358 g/mol. The molecule has 3 aromatic rings. The molecule has 0 spiro atoms. The lowest BCUT2D eigenvalue weighted by Gasteiger charge is -2.07. The summed E-state index contributed by atoms with van der Waals surface area (Å²) in [6.45, 7) is 1.78. The van der Waals surface area contributed by atoms with Crippen molar-refractivity contribution >= 4 is 23.6 Å². The van der Waals surface area contributed by atoms with E-state index in [0.717, 1.165) is 11.8 Å². The molecule has 1 aromatic carbocycles. The van der Waals surface area contributed by atoms with Crippen LogP contribution in [0.2, 0.25) is 0 Å². The summed E-state index contributed by atoms with van der Waals surface area (Å²) in [6.07, 6.45) is 1.53. The van der Waals surface area contributed by atoms with E-state index in [1.807, 2.05) is 0 Å². The number of amides is 2. The van der Waals surface area contributed by atoms with E-state index < -0.39 is 11.8 Å². The maximum atomic E-state index is 12.2. The zero-order chi connectivity index (χ0) is 18.5. The van der Waals surface area contributed by atoms with E-state index in [4.69, 9.17) is 13.6 Å². The number of carbonyl (C=O) groups is 2. The Morgan fingerprint density at radius 1 is 1.23 bits per heavy atom. The fourth-order valence-corrected chi connectivity index (χ4v) is 2.74. The fourth-order valence-electron chi connectivity index (χ4n) is 2.17. The maximum absolute atomic E-state index is 12.2. The van der Waals surface area contributed by atoms with Gasteiger partial charge in [-0.3, -0.25) is 14.9 Å². The van der Waals surface area contributed by atoms with Crippen LogP contribution in [0.3, 0.4) is 0 Å². The van der Waals surface area contributed by atoms with Crippen LogP contribution in [0.15, 0.2) is 50.7 Å². The largest absolute Gasteiger partial charge is 0.496 e. The van der Waals surface area contributed by atoms with E-state index in [1.165, 1.54) is 13.4 Å². The first-order chi connectivity index (χ1) is 12.6. The van der Waals surface area contributed by atoms with E-state index in [1.54, 1.807) is 37.3 Å². The number of rotatable bonds is 6. The average Bonchev–Trinajstić information content (AvgIpc) is 3.28. The highest BCUT2D eigenvalue weighted by atomic mass is 32.2. The number of nitrogens with zero attached hydrogens (tertiary/aromatic N) is 2. The summed E-state index contributed by atoms with van der Waals surface area (Å²) < 4.78 is 15.8. The predicted molar refractivity (Wildman–Crippen MR) is 92.9 cm³/mol. The summed E-state index contributed by atoms with van der Waals surface area (Å²) in [4.78, 5) is 24.2. The van der Waals surface area contributed by atoms with Crippen LogP contribution in [0.1, 0.15) is 16.1 Å². The summed E-state index contributed by atoms with van der Waals surface area (Å²) >= 11 is 1.03. The number of methoxy groups -OCH3 is 1. The van der Waals surface area contributed by atoms with Gasteiger partial charge in [-0.25, -0.2) is 0 Å². The van der Waals surface area contributed by atoms with Crippen molar-refractivity contribution in [3.63, 3.8) is 0 Å². The van der Waals surface area contributed by atoms with Crippen molar-refractivity contribution in [1.82, 2.24) is 15.5 Å². The highest BCUT2D eigenvalue weighted by Crippen LogP contribution is 2.26. The molecule has 0 atom stereocenters. The van der Waals surface area contributed by atoms with Crippen LogP contribution in [0.4, 0.5) is 0 Å². The van der Waals surface area contributed by atoms with Crippen molar-refractivity contribution in [2.24, 2.45) is 0 Å². The predicted octanol–water partition coefficient (Wildman–Crippen LogP) is 2.70. The normalized spacial score (nSPS) is 10.5. The van der Waals surface area contributed by atoms with Crippen molar-refractivity contribution in [1.29, 1.82) is 0 Å². The fraction of sp³-hybridized carbons (Fsp3) is 0.176. The number of nitrogens with one attached hydrogen (secondary N) is 1. The van der Waals surface area contributed by atoms with E-state index >= 15 is 0 Å². The summed E-state index contributed by atoms with van der Waals surface area (Å²) in [6, 6.07) is 8.37. The van der Waals surface area contributed by atoms with Crippen LogP contribution in [-0.4, -0.2) is 34.9 Å². The molecule has 0 aliphatic carbocycles. The molecule has 0 saturated carbocycles. The highest BCUT2D eigenvalue weighted by molar-refractivity contribution is 7.99. The Morgan fingerprint density at radius 3 is 2.77 bits per heavy atom. The third-order valence-electron chi connectivity index (χ3n) is 3.43. The van der Waals surface area contributed by atoms with Gasteiger partial charge in [0.05, 0.1) is 30.3 Å². The number of thioether (sulfide) groups is 1. The molecule has 0 saturated heterocycles. The molecule has 134 valence electrons. The quantitative estimate of drug-likeness (QED) is 0.657. The molecule has 3 rings (SSSR count). The number of aryl methyl sites for hydroxylation is 1. The van der Waals surface area contributed by atoms with Gasteiger partial charge in [-0.2, -0.15) is 0 Å². The highest BCUT2D eigenvalue weighted by Gasteiger charge is 2.17. The van der Waals surface area contributed by atoms with E-state index in [2.05, 4.69) is 15.5 Å². The maximum Gasteiger partial charge on any atom is 0.277 e. The molecule has 9 heteroatoms. The minimum absolute atomic E-state index is 0.0487. The van der Waals surface area contributed by atoms with Crippen LogP contribution in [0.5, 0.6) is 5.75 Å². The smallest absolute Gasteiger partial charge is 0.277 e. The van der Waals surface area contributed by atoms with Crippen LogP contribution < -0.4 is 10.1 Å². The Kier molecular flexibility index (Phi) is 5.37. The van der Waals surface area contributed by atoms with Crippen LogP contribution in [0.25, 0.3) is 11.5 Å². The number of hydrogen-bond donors (Lipinski definition) is 1. The number of para-hydroxylation sites is 1. The Balaban J connectivity index is 1.57. The summed E-state index contributed by atoms with van der Waals surface area (Å²) in [5.41, 5.74) is 0.976. The number of aromatic nitrogens is 2. The zero-order valence-electron chi connectivity index (χ0n) is 14.0. The minimum Gasteiger partial charge on any atom is -0.496 e. The Bertz CT molecular complexity index is 934. The number of benzene rings is 1. The van der Waals surface area contributed by atoms with E-state index in [-0.39, 0.29) is 16.5 Å². The SMILES string of the molecule is COc1ccccc1C(=O)NC(=O)CSc1nnc(-c2ccoc2C)o1. The second-order valence-corrected chi connectivity index (χ2v) is 6.06. The van der Waals surface area contributed by atoms with Crippen LogP contribution >= 0.6 is 11.8 Å². The van der Waals surface area contributed by atoms with Gasteiger partial charge in [0.15, 0.2) is 0 Å². The van der Waals surface area contributed by atoms with Gasteiger partial charge in [0.25, 0.3) is 17.0 Å². The molecular formula is C17H15N3O5S. The summed E-state index contributed by atoms with van der Waals surface area (Å²) in [7, 11) is 1.46. The Labute approximate surface area is 152 Å². The summed E-state index contributed by atoms with van der Waals surface area (Å²) in [5, 5.41) is 10.3. The van der Waals surface area contributed by atoms with Gasteiger partial charge >= 0.3 is 0 Å². The molecule has 2 aromatic heterocycles. The van der Waals surface area contributed by atoms with Crippen molar-refractivity contribution in [2.45, 2.75) is 12.1 Å². The number of furan rings is 1. The van der Waals surface area contributed by atoms with Gasteiger partial charge < -0.3 is 13.6 Å². The number of imide groups is 1. The Morgan fingerprint density at radius 2 is 2.04 bits per heavy atom. The molecule has 2 heterocycles. The van der Waals surface area contributed by atoms with Gasteiger partial charge in [0, 0.05) is 0 Å². The van der Waals surface area contributed by atoms with Gasteiger partial charge in [-0.1, -0.05) is 23.9 Å². The molecule has 8 nitrogen and oxygen atoms in total. The number of hydrogen-bond acceptors (Lipinski definition) is 8. The van der Waals surface area contributed by atoms with Crippen LogP contribution in [0, 0.1) is 6.92 Å². The van der Waals surface area contributed by atoms with Crippen molar-refractivity contribution in [3.05, 3.63) is 47.9 Å². The van der Waals surface area contributed by atoms with Gasteiger partial charge in [0.2, 0.25) is 5.91 Å². The molecule has 1 N–H and O–H groups in total. The first-order valence-corrected chi connectivity index (χ1v) is 8.55. The number of carbonyl (C=O) groups excluding carboxylic acids is 2. The van der Waals surface area contributed by atoms with Crippen molar-refractivity contribution in [2.75, 3.05) is 12.9 Å². The average molecular weight is 373 g/mol. The lowest BCUT2D eigenvalue weighted by molar-refractivity contribution is -0.117. The monoisotopic (exact) mass is 373 g/mol. The molecule has 26 heavy (non-hydrogen) atoms. The lowest BCUT2D eigenvalue weighted by atomic mass is 10.2. The molecule has 0 aliphatic rings. The zero-order valence-corrected chi connectivity index (χ0v) is 14.8. The topological polar surface area (TPSA) is 107 Å². The number of ether oxygens (including phenoxy) is 1. The van der Waals surface area contributed by atoms with Gasteiger partial charge in [0.1, 0.15) is 11.5 Å². The lowest BCUT2D eigenvalue weighted by Crippen LogP contribution is -2.32. The molecule has 0 unspecified atom stereocenters. The molecule has 0 fully saturated rings. The van der Waals surface area contributed by atoms with Gasteiger partial charge in [-0.05, 0) is 25.1 Å². The summed E-state index contributed by atoms with van der Waals surface area (Å²) in [5.74, 6) is 0.294. The van der Waals surface area contributed by atoms with Gasteiger partial charge in [-0.15, -0.1) is 10.2 Å². The Hall–Kier alpha value is -3.07.